The standard InChI is InChI=1S/C22H27NO2/c1-22(2,3)23-21(25)19(14-17-10-6-4-7-11-17)16-20(24)15-18-12-8-5-9-13-18/h4-13,19H,14-16H2,1-3H3,(H,23,25). The third-order valence-corrected chi connectivity index (χ3v) is 3.91. The van der Waals surface area contributed by atoms with Gasteiger partial charge in [0.1, 0.15) is 5.78 Å². The maximum Gasteiger partial charge on any atom is 0.224 e. The van der Waals surface area contributed by atoms with Gasteiger partial charge in [-0.1, -0.05) is 60.7 Å². The van der Waals surface area contributed by atoms with Gasteiger partial charge in [0.05, 0.1) is 0 Å². The van der Waals surface area contributed by atoms with E-state index in [4.69, 9.17) is 0 Å². The lowest BCUT2D eigenvalue weighted by Gasteiger charge is -2.25. The third-order valence-electron chi connectivity index (χ3n) is 3.91. The molecule has 3 heteroatoms. The first kappa shape index (κ1) is 18.9. The molecule has 0 bridgehead atoms. The molecule has 132 valence electrons. The van der Waals surface area contributed by atoms with Crippen LogP contribution in [0.4, 0.5) is 0 Å². The van der Waals surface area contributed by atoms with Crippen LogP contribution < -0.4 is 5.32 Å². The molecule has 0 spiro atoms. The van der Waals surface area contributed by atoms with Gasteiger partial charge in [-0.05, 0) is 38.3 Å². The third kappa shape index (κ3) is 6.92. The molecule has 0 saturated carbocycles. The molecule has 3 nitrogen and oxygen atoms in total. The molecule has 0 aliphatic rings. The second-order valence-electron chi connectivity index (χ2n) is 7.53. The van der Waals surface area contributed by atoms with Crippen molar-refractivity contribution in [3.8, 4) is 0 Å². The number of amides is 1. The van der Waals surface area contributed by atoms with E-state index in [0.29, 0.717) is 12.8 Å². The van der Waals surface area contributed by atoms with Crippen LogP contribution in [0.15, 0.2) is 60.7 Å². The lowest BCUT2D eigenvalue weighted by atomic mass is 9.90. The number of rotatable bonds is 7. The monoisotopic (exact) mass is 337 g/mol. The average molecular weight is 337 g/mol. The summed E-state index contributed by atoms with van der Waals surface area (Å²) in [5.74, 6) is -0.313. The molecule has 0 heterocycles. The summed E-state index contributed by atoms with van der Waals surface area (Å²) in [6.07, 6.45) is 1.20. The normalized spacial score (nSPS) is 12.4. The topological polar surface area (TPSA) is 46.2 Å². The summed E-state index contributed by atoms with van der Waals surface area (Å²) in [6, 6.07) is 19.5. The van der Waals surface area contributed by atoms with Crippen LogP contribution in [0.2, 0.25) is 0 Å². The van der Waals surface area contributed by atoms with E-state index in [0.717, 1.165) is 11.1 Å². The van der Waals surface area contributed by atoms with Crippen molar-refractivity contribution in [3.05, 3.63) is 71.8 Å². The molecular weight excluding hydrogens is 310 g/mol. The second kappa shape index (κ2) is 8.61. The van der Waals surface area contributed by atoms with Crippen LogP contribution in [-0.4, -0.2) is 17.2 Å². The van der Waals surface area contributed by atoms with Crippen molar-refractivity contribution in [2.24, 2.45) is 5.92 Å². The minimum atomic E-state index is -0.349. The number of hydrogen-bond acceptors (Lipinski definition) is 2. The predicted molar refractivity (Wildman–Crippen MR) is 101 cm³/mol. The van der Waals surface area contributed by atoms with Crippen molar-refractivity contribution in [1.82, 2.24) is 5.32 Å². The zero-order valence-corrected chi connectivity index (χ0v) is 15.3. The highest BCUT2D eigenvalue weighted by Gasteiger charge is 2.25. The summed E-state index contributed by atoms with van der Waals surface area (Å²) in [4.78, 5) is 25.2. The molecule has 0 aliphatic heterocycles. The minimum absolute atomic E-state index is 0.0576. The van der Waals surface area contributed by atoms with Crippen LogP contribution in [0.1, 0.15) is 38.3 Å². The summed E-state index contributed by atoms with van der Waals surface area (Å²) < 4.78 is 0. The first-order valence-corrected chi connectivity index (χ1v) is 8.75. The van der Waals surface area contributed by atoms with Crippen LogP contribution >= 0.6 is 0 Å². The van der Waals surface area contributed by atoms with Crippen molar-refractivity contribution in [2.75, 3.05) is 0 Å². The van der Waals surface area contributed by atoms with E-state index in [-0.39, 0.29) is 29.6 Å². The highest BCUT2D eigenvalue weighted by molar-refractivity contribution is 5.88. The highest BCUT2D eigenvalue weighted by atomic mass is 16.2. The van der Waals surface area contributed by atoms with Crippen LogP contribution in [0.25, 0.3) is 0 Å². The van der Waals surface area contributed by atoms with E-state index in [1.165, 1.54) is 0 Å². The second-order valence-corrected chi connectivity index (χ2v) is 7.53. The quantitative estimate of drug-likeness (QED) is 0.831. The van der Waals surface area contributed by atoms with Gasteiger partial charge < -0.3 is 5.32 Å². The fourth-order valence-corrected chi connectivity index (χ4v) is 2.80. The Hall–Kier alpha value is -2.42. The Morgan fingerprint density at radius 2 is 1.40 bits per heavy atom. The number of carbonyl (C=O) groups is 2. The largest absolute Gasteiger partial charge is 0.351 e. The molecular formula is C22H27NO2. The maximum atomic E-state index is 12.7. The first-order chi connectivity index (χ1) is 11.8. The smallest absolute Gasteiger partial charge is 0.224 e. The van der Waals surface area contributed by atoms with E-state index in [2.05, 4.69) is 5.32 Å². The summed E-state index contributed by atoms with van der Waals surface area (Å²) >= 11 is 0. The highest BCUT2D eigenvalue weighted by Crippen LogP contribution is 2.16. The minimum Gasteiger partial charge on any atom is -0.351 e. The van der Waals surface area contributed by atoms with Crippen molar-refractivity contribution in [1.29, 1.82) is 0 Å². The Balaban J connectivity index is 2.07. The van der Waals surface area contributed by atoms with E-state index in [1.807, 2.05) is 81.4 Å². The van der Waals surface area contributed by atoms with Crippen molar-refractivity contribution in [2.45, 2.75) is 45.6 Å². The number of ketones is 1. The van der Waals surface area contributed by atoms with Crippen molar-refractivity contribution in [3.63, 3.8) is 0 Å². The molecule has 0 fully saturated rings. The molecule has 2 aromatic rings. The van der Waals surface area contributed by atoms with Gasteiger partial charge in [-0.2, -0.15) is 0 Å². The molecule has 1 amide bonds. The van der Waals surface area contributed by atoms with E-state index >= 15 is 0 Å². The fourth-order valence-electron chi connectivity index (χ4n) is 2.80. The Labute approximate surface area is 150 Å². The number of nitrogens with one attached hydrogen (secondary N) is 1. The Kier molecular flexibility index (Phi) is 6.51. The molecule has 0 aromatic heterocycles. The van der Waals surface area contributed by atoms with Gasteiger partial charge in [-0.3, -0.25) is 9.59 Å². The van der Waals surface area contributed by atoms with Gasteiger partial charge in [0, 0.05) is 24.3 Å². The zero-order chi connectivity index (χ0) is 18.3. The molecule has 1 unspecified atom stereocenters. The molecule has 1 N–H and O–H groups in total. The molecule has 0 saturated heterocycles. The van der Waals surface area contributed by atoms with Crippen LogP contribution in [0.5, 0.6) is 0 Å². The van der Waals surface area contributed by atoms with Crippen molar-refractivity contribution >= 4 is 11.7 Å². The van der Waals surface area contributed by atoms with Gasteiger partial charge in [-0.15, -0.1) is 0 Å². The Morgan fingerprint density at radius 1 is 0.880 bits per heavy atom. The molecule has 0 aliphatic carbocycles. The predicted octanol–water partition coefficient (Wildman–Crippen LogP) is 3.96. The van der Waals surface area contributed by atoms with Crippen molar-refractivity contribution < 1.29 is 9.59 Å². The molecule has 25 heavy (non-hydrogen) atoms. The Bertz CT molecular complexity index is 687. The summed E-state index contributed by atoms with van der Waals surface area (Å²) in [5.41, 5.74) is 1.75. The van der Waals surface area contributed by atoms with Crippen LogP contribution in [0, 0.1) is 5.92 Å². The zero-order valence-electron chi connectivity index (χ0n) is 15.3. The van der Waals surface area contributed by atoms with E-state index < -0.39 is 0 Å². The van der Waals surface area contributed by atoms with Gasteiger partial charge >= 0.3 is 0 Å². The van der Waals surface area contributed by atoms with Gasteiger partial charge in [-0.25, -0.2) is 0 Å². The maximum absolute atomic E-state index is 12.7. The Morgan fingerprint density at radius 3 is 1.92 bits per heavy atom. The van der Waals surface area contributed by atoms with Gasteiger partial charge in [0.25, 0.3) is 0 Å². The summed E-state index contributed by atoms with van der Waals surface area (Å²) in [5, 5.41) is 3.02. The lowest BCUT2D eigenvalue weighted by molar-refractivity contribution is -0.130. The summed E-state index contributed by atoms with van der Waals surface area (Å²) in [6.45, 7) is 5.86. The van der Waals surface area contributed by atoms with E-state index in [1.54, 1.807) is 0 Å². The number of carbonyl (C=O) groups excluding carboxylic acids is 2. The van der Waals surface area contributed by atoms with Crippen LogP contribution in [-0.2, 0) is 22.4 Å². The average Bonchev–Trinajstić information content (AvgIpc) is 2.54. The lowest BCUT2D eigenvalue weighted by Crippen LogP contribution is -2.44. The molecule has 1 atom stereocenters. The summed E-state index contributed by atoms with van der Waals surface area (Å²) in [7, 11) is 0. The molecule has 0 radical (unpaired) electrons. The number of benzene rings is 2. The molecule has 2 rings (SSSR count). The number of hydrogen-bond donors (Lipinski definition) is 1. The van der Waals surface area contributed by atoms with Gasteiger partial charge in [0.15, 0.2) is 0 Å². The number of Topliss-reactive ketones (excluding diaryl/α,β-unsaturated/α-hetero) is 1. The van der Waals surface area contributed by atoms with E-state index in [9.17, 15) is 9.59 Å². The van der Waals surface area contributed by atoms with Crippen LogP contribution in [0.3, 0.4) is 0 Å². The first-order valence-electron chi connectivity index (χ1n) is 8.75. The SMILES string of the molecule is CC(C)(C)NC(=O)C(CC(=O)Cc1ccccc1)Cc1ccccc1. The fraction of sp³-hybridized carbons (Fsp3) is 0.364. The van der Waals surface area contributed by atoms with Gasteiger partial charge in [0.2, 0.25) is 5.91 Å². The molecule has 2 aromatic carbocycles.